The van der Waals surface area contributed by atoms with Gasteiger partial charge < -0.3 is 10.6 Å². The molecule has 0 spiro atoms. The Bertz CT molecular complexity index is 866. The maximum Gasteiger partial charge on any atom is 0.220 e. The molecule has 1 fully saturated rings. The molecular formula is C29H40N2O. The largest absolute Gasteiger partial charge is 0.384 e. The van der Waals surface area contributed by atoms with E-state index in [2.05, 4.69) is 85.7 Å². The minimum absolute atomic E-state index is 0.118. The van der Waals surface area contributed by atoms with E-state index in [1.54, 1.807) is 0 Å². The Kier molecular flexibility index (Phi) is 8.96. The van der Waals surface area contributed by atoms with E-state index in [1.807, 2.05) is 0 Å². The summed E-state index contributed by atoms with van der Waals surface area (Å²) in [6.45, 7) is 10.3. The first-order chi connectivity index (χ1) is 15.5. The number of carbonyl (C=O) groups excluding carboxylic acids is 1. The summed E-state index contributed by atoms with van der Waals surface area (Å²) in [4.78, 5) is 12.1. The molecule has 1 aliphatic carbocycles. The summed E-state index contributed by atoms with van der Waals surface area (Å²) < 4.78 is 0. The molecule has 0 saturated heterocycles. The Morgan fingerprint density at radius 2 is 1.72 bits per heavy atom. The van der Waals surface area contributed by atoms with Crippen LogP contribution in [0.2, 0.25) is 0 Å². The lowest BCUT2D eigenvalue weighted by Crippen LogP contribution is -2.41. The van der Waals surface area contributed by atoms with E-state index in [4.69, 9.17) is 0 Å². The van der Waals surface area contributed by atoms with Crippen molar-refractivity contribution in [1.29, 1.82) is 0 Å². The Morgan fingerprint density at radius 3 is 2.41 bits per heavy atom. The third-order valence-corrected chi connectivity index (χ3v) is 7.19. The maximum atomic E-state index is 12.1. The van der Waals surface area contributed by atoms with Crippen LogP contribution in [0.5, 0.6) is 0 Å². The number of aryl methyl sites for hydroxylation is 1. The molecule has 2 N–H and O–H groups in total. The second kappa shape index (κ2) is 11.9. The fourth-order valence-electron chi connectivity index (χ4n) is 4.99. The first kappa shape index (κ1) is 24.1. The van der Waals surface area contributed by atoms with E-state index >= 15 is 0 Å². The minimum Gasteiger partial charge on any atom is -0.384 e. The predicted molar refractivity (Wildman–Crippen MR) is 135 cm³/mol. The molecule has 0 radical (unpaired) electrons. The van der Waals surface area contributed by atoms with Crippen molar-refractivity contribution in [2.45, 2.75) is 70.6 Å². The molecule has 1 amide bonds. The molecule has 0 heterocycles. The number of hydrogen-bond donors (Lipinski definition) is 2. The fraction of sp³-hybridized carbons (Fsp3) is 0.483. The van der Waals surface area contributed by atoms with Crippen molar-refractivity contribution in [2.24, 2.45) is 5.92 Å². The molecule has 1 saturated carbocycles. The lowest BCUT2D eigenvalue weighted by atomic mass is 9.66. The number of hydrogen-bond acceptors (Lipinski definition) is 2. The Morgan fingerprint density at radius 1 is 1.03 bits per heavy atom. The van der Waals surface area contributed by atoms with Crippen molar-refractivity contribution in [3.63, 3.8) is 0 Å². The fourth-order valence-corrected chi connectivity index (χ4v) is 4.99. The van der Waals surface area contributed by atoms with Crippen LogP contribution in [0.4, 0.5) is 0 Å². The van der Waals surface area contributed by atoms with Gasteiger partial charge in [-0.3, -0.25) is 4.79 Å². The molecule has 32 heavy (non-hydrogen) atoms. The van der Waals surface area contributed by atoms with Gasteiger partial charge in [-0.05, 0) is 68.1 Å². The summed E-state index contributed by atoms with van der Waals surface area (Å²) in [6, 6.07) is 19.4. The van der Waals surface area contributed by atoms with Gasteiger partial charge in [-0.2, -0.15) is 0 Å². The first-order valence-electron chi connectivity index (χ1n) is 12.3. The first-order valence-corrected chi connectivity index (χ1v) is 12.3. The summed E-state index contributed by atoms with van der Waals surface area (Å²) >= 11 is 0. The van der Waals surface area contributed by atoms with E-state index in [1.165, 1.54) is 29.5 Å². The highest BCUT2D eigenvalue weighted by molar-refractivity contribution is 5.75. The van der Waals surface area contributed by atoms with E-state index in [-0.39, 0.29) is 11.3 Å². The van der Waals surface area contributed by atoms with Crippen LogP contribution in [0.25, 0.3) is 5.70 Å². The summed E-state index contributed by atoms with van der Waals surface area (Å²) in [5.41, 5.74) is 4.98. The minimum atomic E-state index is 0.118. The van der Waals surface area contributed by atoms with E-state index in [0.29, 0.717) is 12.3 Å². The summed E-state index contributed by atoms with van der Waals surface area (Å²) in [5, 5.41) is 6.74. The van der Waals surface area contributed by atoms with Crippen LogP contribution < -0.4 is 10.6 Å². The van der Waals surface area contributed by atoms with Crippen molar-refractivity contribution in [1.82, 2.24) is 10.6 Å². The highest BCUT2D eigenvalue weighted by atomic mass is 16.1. The Balaban J connectivity index is 1.60. The summed E-state index contributed by atoms with van der Waals surface area (Å²) in [6.07, 6.45) is 8.50. The van der Waals surface area contributed by atoms with Crippen LogP contribution in [0.1, 0.15) is 75.0 Å². The van der Waals surface area contributed by atoms with Crippen LogP contribution in [-0.2, 0) is 10.2 Å². The van der Waals surface area contributed by atoms with Crippen molar-refractivity contribution in [3.8, 4) is 0 Å². The molecule has 0 aliphatic heterocycles. The second-order valence-corrected chi connectivity index (χ2v) is 9.48. The van der Waals surface area contributed by atoms with Crippen LogP contribution in [0, 0.1) is 12.8 Å². The Labute approximate surface area is 194 Å². The van der Waals surface area contributed by atoms with Crippen molar-refractivity contribution >= 4 is 11.6 Å². The molecule has 1 aliphatic rings. The van der Waals surface area contributed by atoms with Crippen LogP contribution in [-0.4, -0.2) is 19.0 Å². The molecule has 0 atom stereocenters. The van der Waals surface area contributed by atoms with Crippen LogP contribution in [0.15, 0.2) is 61.2 Å². The topological polar surface area (TPSA) is 41.1 Å². The molecule has 0 bridgehead atoms. The van der Waals surface area contributed by atoms with Gasteiger partial charge in [-0.1, -0.05) is 74.5 Å². The van der Waals surface area contributed by atoms with Crippen molar-refractivity contribution < 1.29 is 4.79 Å². The lowest BCUT2D eigenvalue weighted by Gasteiger charge is -2.41. The maximum absolute atomic E-state index is 12.1. The molecular weight excluding hydrogens is 392 g/mol. The quantitative estimate of drug-likeness (QED) is 0.405. The van der Waals surface area contributed by atoms with Gasteiger partial charge >= 0.3 is 0 Å². The van der Waals surface area contributed by atoms with Gasteiger partial charge in [-0.15, -0.1) is 0 Å². The predicted octanol–water partition coefficient (Wildman–Crippen LogP) is 6.38. The van der Waals surface area contributed by atoms with E-state index < -0.39 is 0 Å². The van der Waals surface area contributed by atoms with Crippen molar-refractivity contribution in [2.75, 3.05) is 13.1 Å². The van der Waals surface area contributed by atoms with Gasteiger partial charge in [0.15, 0.2) is 0 Å². The molecule has 172 valence electrons. The SMILES string of the molecule is C=C(NCC1(c2ccccc2)CCC(CCC(=O)NCCCC)CC1)c1ccccc1C. The number of amides is 1. The third kappa shape index (κ3) is 6.48. The van der Waals surface area contributed by atoms with Gasteiger partial charge in [0.05, 0.1) is 0 Å². The van der Waals surface area contributed by atoms with Crippen LogP contribution >= 0.6 is 0 Å². The van der Waals surface area contributed by atoms with Gasteiger partial charge in [0.25, 0.3) is 0 Å². The van der Waals surface area contributed by atoms with Gasteiger partial charge in [0, 0.05) is 30.6 Å². The van der Waals surface area contributed by atoms with Gasteiger partial charge in [0.2, 0.25) is 5.91 Å². The molecule has 3 nitrogen and oxygen atoms in total. The normalized spacial score (nSPS) is 20.5. The van der Waals surface area contributed by atoms with Crippen molar-refractivity contribution in [3.05, 3.63) is 77.9 Å². The molecule has 2 aromatic rings. The standard InChI is InChI=1S/C29H40N2O/c1-4-5-21-30-28(32)16-15-25-17-19-29(20-18-25,26-12-7-6-8-13-26)22-31-24(3)27-14-10-9-11-23(27)2/h6-14,25,31H,3-5,15-22H2,1-2H3,(H,30,32). The highest BCUT2D eigenvalue weighted by Gasteiger charge is 2.36. The average Bonchev–Trinajstić information content (AvgIpc) is 2.83. The zero-order chi connectivity index (χ0) is 22.8. The molecule has 2 aromatic carbocycles. The highest BCUT2D eigenvalue weighted by Crippen LogP contribution is 2.42. The number of nitrogens with one attached hydrogen (secondary N) is 2. The molecule has 3 heteroatoms. The second-order valence-electron chi connectivity index (χ2n) is 9.48. The molecule has 3 rings (SSSR count). The summed E-state index contributed by atoms with van der Waals surface area (Å²) in [7, 11) is 0. The number of unbranched alkanes of at least 4 members (excludes halogenated alkanes) is 1. The number of carbonyl (C=O) groups is 1. The monoisotopic (exact) mass is 432 g/mol. The van der Waals surface area contributed by atoms with Gasteiger partial charge in [-0.25, -0.2) is 0 Å². The Hall–Kier alpha value is -2.55. The zero-order valence-corrected chi connectivity index (χ0v) is 20.0. The average molecular weight is 433 g/mol. The molecule has 0 unspecified atom stereocenters. The third-order valence-electron chi connectivity index (χ3n) is 7.19. The smallest absolute Gasteiger partial charge is 0.220 e. The van der Waals surface area contributed by atoms with Crippen LogP contribution in [0.3, 0.4) is 0 Å². The van der Waals surface area contributed by atoms with Gasteiger partial charge in [0.1, 0.15) is 0 Å². The lowest BCUT2D eigenvalue weighted by molar-refractivity contribution is -0.121. The van der Waals surface area contributed by atoms with E-state index in [9.17, 15) is 4.79 Å². The number of benzene rings is 2. The zero-order valence-electron chi connectivity index (χ0n) is 20.0. The van der Waals surface area contributed by atoms with E-state index in [0.717, 1.165) is 50.9 Å². The summed E-state index contributed by atoms with van der Waals surface area (Å²) in [5.74, 6) is 0.859. The number of rotatable bonds is 11. The molecule has 0 aromatic heterocycles.